The molecule has 1 aromatic carbocycles. The number of nitriles is 1. The van der Waals surface area contributed by atoms with Gasteiger partial charge in [-0.1, -0.05) is 12.1 Å². The van der Waals surface area contributed by atoms with Gasteiger partial charge in [0.2, 0.25) is 5.91 Å². The molecule has 0 radical (unpaired) electrons. The zero-order valence-electron chi connectivity index (χ0n) is 13.2. The summed E-state index contributed by atoms with van der Waals surface area (Å²) in [5.41, 5.74) is 0.962. The van der Waals surface area contributed by atoms with Crippen LogP contribution < -0.4 is 0 Å². The van der Waals surface area contributed by atoms with Gasteiger partial charge >= 0.3 is 6.18 Å². The van der Waals surface area contributed by atoms with Crippen molar-refractivity contribution in [1.29, 1.82) is 5.26 Å². The molecule has 4 nitrogen and oxygen atoms in total. The second-order valence-electron chi connectivity index (χ2n) is 6.08. The number of nitrogens with zero attached hydrogens (tertiary/aromatic N) is 2. The van der Waals surface area contributed by atoms with E-state index in [0.29, 0.717) is 23.3 Å². The third-order valence-electron chi connectivity index (χ3n) is 4.15. The Hall–Kier alpha value is -2.75. The Morgan fingerprint density at radius 2 is 2.00 bits per heavy atom. The summed E-state index contributed by atoms with van der Waals surface area (Å²) in [6.07, 6.45) is -2.50. The number of furan rings is 1. The second kappa shape index (κ2) is 6.63. The molecule has 1 aliphatic rings. The molecule has 0 saturated heterocycles. The van der Waals surface area contributed by atoms with E-state index in [0.717, 1.165) is 4.90 Å². The second-order valence-corrected chi connectivity index (χ2v) is 6.08. The third-order valence-corrected chi connectivity index (χ3v) is 4.15. The van der Waals surface area contributed by atoms with Crippen LogP contribution in [0.25, 0.3) is 0 Å². The van der Waals surface area contributed by atoms with Gasteiger partial charge in [0.1, 0.15) is 12.3 Å². The normalized spacial score (nSPS) is 19.3. The molecule has 2 aromatic rings. The Labute approximate surface area is 142 Å². The molecule has 1 fully saturated rings. The zero-order valence-corrected chi connectivity index (χ0v) is 13.2. The lowest BCUT2D eigenvalue weighted by atomic mass is 10.1. The lowest BCUT2D eigenvalue weighted by molar-refractivity contribution is -0.163. The highest BCUT2D eigenvalue weighted by molar-refractivity contribution is 5.83. The first-order chi connectivity index (χ1) is 11.9. The van der Waals surface area contributed by atoms with Crippen LogP contribution in [-0.4, -0.2) is 23.5 Å². The van der Waals surface area contributed by atoms with E-state index in [4.69, 9.17) is 9.68 Å². The molecule has 1 saturated carbocycles. The number of alkyl halides is 3. The van der Waals surface area contributed by atoms with Crippen molar-refractivity contribution in [2.24, 2.45) is 5.92 Å². The molecule has 0 N–H and O–H groups in total. The first-order valence-electron chi connectivity index (χ1n) is 7.75. The largest absolute Gasteiger partial charge is 0.469 e. The van der Waals surface area contributed by atoms with Crippen molar-refractivity contribution in [3.8, 4) is 6.07 Å². The summed E-state index contributed by atoms with van der Waals surface area (Å²) in [6, 6.07) is 11.5. The van der Waals surface area contributed by atoms with Crippen molar-refractivity contribution in [1.82, 2.24) is 4.90 Å². The topological polar surface area (TPSA) is 57.2 Å². The molecule has 0 unspecified atom stereocenters. The average molecular weight is 348 g/mol. The fourth-order valence-corrected chi connectivity index (χ4v) is 2.85. The number of rotatable bonds is 5. The molecule has 0 aliphatic heterocycles. The maximum atomic E-state index is 12.9. The molecule has 1 aromatic heterocycles. The Morgan fingerprint density at radius 1 is 1.28 bits per heavy atom. The Bertz CT molecular complexity index is 776. The lowest BCUT2D eigenvalue weighted by Gasteiger charge is -2.24. The van der Waals surface area contributed by atoms with Gasteiger partial charge in [0.25, 0.3) is 0 Å². The highest BCUT2D eigenvalue weighted by atomic mass is 19.4. The van der Waals surface area contributed by atoms with Gasteiger partial charge < -0.3 is 9.32 Å². The fourth-order valence-electron chi connectivity index (χ4n) is 2.85. The van der Waals surface area contributed by atoms with Crippen LogP contribution in [0.3, 0.4) is 0 Å². The number of hydrogen-bond acceptors (Lipinski definition) is 3. The third kappa shape index (κ3) is 4.21. The zero-order chi connectivity index (χ0) is 18.0. The van der Waals surface area contributed by atoms with Crippen molar-refractivity contribution < 1.29 is 22.4 Å². The van der Waals surface area contributed by atoms with Crippen LogP contribution in [0.5, 0.6) is 0 Å². The number of hydrogen-bond donors (Lipinski definition) is 0. The molecule has 1 aliphatic carbocycles. The number of carbonyl (C=O) groups excluding carboxylic acids is 1. The van der Waals surface area contributed by atoms with Crippen LogP contribution in [0.1, 0.15) is 29.2 Å². The van der Waals surface area contributed by atoms with E-state index < -0.39 is 24.5 Å². The molecule has 25 heavy (non-hydrogen) atoms. The van der Waals surface area contributed by atoms with Gasteiger partial charge in [-0.2, -0.15) is 18.4 Å². The molecule has 1 heterocycles. The van der Waals surface area contributed by atoms with E-state index in [1.54, 1.807) is 24.3 Å². The highest BCUT2D eigenvalue weighted by Crippen LogP contribution is 2.48. The Kier molecular flexibility index (Phi) is 4.53. The predicted molar refractivity (Wildman–Crippen MR) is 82.2 cm³/mol. The molecular weight excluding hydrogens is 333 g/mol. The monoisotopic (exact) mass is 348 g/mol. The van der Waals surface area contributed by atoms with Gasteiger partial charge in [0.05, 0.1) is 17.9 Å². The van der Waals surface area contributed by atoms with Gasteiger partial charge in [0.15, 0.2) is 0 Å². The van der Waals surface area contributed by atoms with Crippen molar-refractivity contribution in [3.05, 3.63) is 59.5 Å². The molecule has 0 spiro atoms. The molecular formula is C18H15F3N2O2. The van der Waals surface area contributed by atoms with Gasteiger partial charge in [-0.15, -0.1) is 0 Å². The van der Waals surface area contributed by atoms with Crippen LogP contribution in [0.2, 0.25) is 0 Å². The number of benzene rings is 1. The van der Waals surface area contributed by atoms with E-state index >= 15 is 0 Å². The minimum Gasteiger partial charge on any atom is -0.469 e. The lowest BCUT2D eigenvalue weighted by Crippen LogP contribution is -2.39. The van der Waals surface area contributed by atoms with Gasteiger partial charge in [-0.25, -0.2) is 0 Å². The maximum Gasteiger partial charge on any atom is 0.406 e. The quantitative estimate of drug-likeness (QED) is 0.825. The molecule has 0 bridgehead atoms. The van der Waals surface area contributed by atoms with E-state index in [1.807, 2.05) is 6.07 Å². The molecule has 130 valence electrons. The molecule has 1 amide bonds. The molecule has 2 atom stereocenters. The van der Waals surface area contributed by atoms with Crippen LogP contribution >= 0.6 is 0 Å². The van der Waals surface area contributed by atoms with Gasteiger partial charge in [-0.05, 0) is 36.2 Å². The summed E-state index contributed by atoms with van der Waals surface area (Å²) >= 11 is 0. The predicted octanol–water partition coefficient (Wildman–Crippen LogP) is 3.85. The summed E-state index contributed by atoms with van der Waals surface area (Å²) in [7, 11) is 0. The smallest absolute Gasteiger partial charge is 0.406 e. The summed E-state index contributed by atoms with van der Waals surface area (Å²) in [5.74, 6) is -0.530. The van der Waals surface area contributed by atoms with Gasteiger partial charge in [0, 0.05) is 18.4 Å². The standard InChI is InChI=1S/C18H15F3N2O2/c19-18(20,21)11-23(10-13-5-3-12(9-22)4-6-13)17(24)15-8-14(15)16-2-1-7-25-16/h1-7,14-15H,8,10-11H2/t14-,15+/m1/s1. The van der Waals surface area contributed by atoms with Crippen LogP contribution in [0, 0.1) is 17.2 Å². The summed E-state index contributed by atoms with van der Waals surface area (Å²) in [6.45, 7) is -1.45. The average Bonchev–Trinajstić information content (AvgIpc) is 3.18. The van der Waals surface area contributed by atoms with Crippen molar-refractivity contribution in [3.63, 3.8) is 0 Å². The maximum absolute atomic E-state index is 12.9. The SMILES string of the molecule is N#Cc1ccc(CN(CC(F)(F)F)C(=O)[C@H]2C[C@H]2c2ccco2)cc1. The van der Waals surface area contributed by atoms with Crippen LogP contribution in [0.4, 0.5) is 13.2 Å². The van der Waals surface area contributed by atoms with Crippen molar-refractivity contribution >= 4 is 5.91 Å². The highest BCUT2D eigenvalue weighted by Gasteiger charge is 2.48. The van der Waals surface area contributed by atoms with Crippen molar-refractivity contribution in [2.75, 3.05) is 6.54 Å². The number of halogens is 3. The number of amides is 1. The van der Waals surface area contributed by atoms with Crippen LogP contribution in [0.15, 0.2) is 47.1 Å². The van der Waals surface area contributed by atoms with E-state index in [1.165, 1.54) is 18.4 Å². The summed E-state index contributed by atoms with van der Waals surface area (Å²) in [4.78, 5) is 13.4. The number of carbonyl (C=O) groups is 1. The fraction of sp³-hybridized carbons (Fsp3) is 0.333. The molecule has 3 rings (SSSR count). The summed E-state index contributed by atoms with van der Waals surface area (Å²) in [5, 5.41) is 8.78. The Balaban J connectivity index is 1.73. The van der Waals surface area contributed by atoms with Crippen molar-refractivity contribution in [2.45, 2.75) is 25.1 Å². The summed E-state index contributed by atoms with van der Waals surface area (Å²) < 4.78 is 43.9. The van der Waals surface area contributed by atoms with E-state index in [9.17, 15) is 18.0 Å². The minimum atomic E-state index is -4.47. The van der Waals surface area contributed by atoms with Crippen LogP contribution in [-0.2, 0) is 11.3 Å². The van der Waals surface area contributed by atoms with Gasteiger partial charge in [-0.3, -0.25) is 4.79 Å². The molecule has 7 heteroatoms. The first-order valence-corrected chi connectivity index (χ1v) is 7.75. The minimum absolute atomic E-state index is 0.147. The van der Waals surface area contributed by atoms with E-state index in [2.05, 4.69) is 0 Å². The first kappa shape index (κ1) is 17.1. The van der Waals surface area contributed by atoms with E-state index in [-0.39, 0.29) is 12.5 Å². The Morgan fingerprint density at radius 3 is 2.56 bits per heavy atom.